The van der Waals surface area contributed by atoms with Crippen molar-refractivity contribution in [1.29, 1.82) is 0 Å². The molecule has 0 saturated carbocycles. The molecule has 6 heteroatoms. The molecular weight excluding hydrogens is 414 g/mol. The highest BCUT2D eigenvalue weighted by Crippen LogP contribution is 2.24. The van der Waals surface area contributed by atoms with Gasteiger partial charge in [-0.05, 0) is 30.4 Å². The van der Waals surface area contributed by atoms with Gasteiger partial charge in [0.05, 0.1) is 11.5 Å². The second-order valence-electron chi connectivity index (χ2n) is 7.75. The van der Waals surface area contributed by atoms with E-state index in [1.165, 1.54) is 23.3 Å². The standard InChI is InChI=1S/C27H25N3O3/c31-30(32)25-16-8-14-23(19-25)27-28-24(15-7-13-21-9-3-1-4-10-21)20-26(29-27)33-18-17-22-11-5-2-6-12-22/h1-6,8-12,14,16,19-20H,7,13,15,17-18H2. The minimum absolute atomic E-state index is 0.0112. The van der Waals surface area contributed by atoms with Crippen molar-refractivity contribution in [3.05, 3.63) is 118 Å². The lowest BCUT2D eigenvalue weighted by Crippen LogP contribution is -2.06. The molecule has 3 aromatic carbocycles. The number of benzene rings is 3. The molecule has 0 amide bonds. The SMILES string of the molecule is O=[N+]([O-])c1cccc(-c2nc(CCCc3ccccc3)cc(OCCc3ccccc3)n2)c1. The maximum absolute atomic E-state index is 11.2. The van der Waals surface area contributed by atoms with Crippen molar-refractivity contribution in [2.24, 2.45) is 0 Å². The average molecular weight is 440 g/mol. The van der Waals surface area contributed by atoms with Crippen molar-refractivity contribution in [2.75, 3.05) is 6.61 Å². The van der Waals surface area contributed by atoms with Gasteiger partial charge in [0.15, 0.2) is 5.82 Å². The lowest BCUT2D eigenvalue weighted by Gasteiger charge is -2.10. The first kappa shape index (κ1) is 22.1. The van der Waals surface area contributed by atoms with Crippen molar-refractivity contribution < 1.29 is 9.66 Å². The fourth-order valence-corrected chi connectivity index (χ4v) is 3.60. The van der Waals surface area contributed by atoms with E-state index in [9.17, 15) is 10.1 Å². The normalized spacial score (nSPS) is 10.7. The van der Waals surface area contributed by atoms with Gasteiger partial charge < -0.3 is 4.74 Å². The van der Waals surface area contributed by atoms with E-state index >= 15 is 0 Å². The number of hydrogen-bond donors (Lipinski definition) is 0. The number of non-ortho nitro benzene ring substituents is 1. The molecule has 1 heterocycles. The number of ether oxygens (including phenoxy) is 1. The Balaban J connectivity index is 1.52. The van der Waals surface area contributed by atoms with Crippen molar-refractivity contribution in [1.82, 2.24) is 9.97 Å². The van der Waals surface area contributed by atoms with Gasteiger partial charge in [-0.3, -0.25) is 10.1 Å². The summed E-state index contributed by atoms with van der Waals surface area (Å²) in [6.45, 7) is 0.485. The molecule has 0 spiro atoms. The molecule has 0 saturated heterocycles. The molecule has 0 fully saturated rings. The van der Waals surface area contributed by atoms with Gasteiger partial charge in [0.25, 0.3) is 5.69 Å². The summed E-state index contributed by atoms with van der Waals surface area (Å²) in [7, 11) is 0. The highest BCUT2D eigenvalue weighted by Gasteiger charge is 2.12. The topological polar surface area (TPSA) is 78.2 Å². The lowest BCUT2D eigenvalue weighted by molar-refractivity contribution is -0.384. The van der Waals surface area contributed by atoms with E-state index < -0.39 is 4.92 Å². The van der Waals surface area contributed by atoms with E-state index in [0.717, 1.165) is 31.4 Å². The Bertz CT molecular complexity index is 1130. The molecule has 0 atom stereocenters. The first-order valence-corrected chi connectivity index (χ1v) is 11.0. The zero-order chi connectivity index (χ0) is 22.9. The molecule has 4 aromatic rings. The van der Waals surface area contributed by atoms with Crippen LogP contribution >= 0.6 is 0 Å². The molecule has 0 bridgehead atoms. The van der Waals surface area contributed by atoms with E-state index in [0.29, 0.717) is 23.9 Å². The zero-order valence-corrected chi connectivity index (χ0v) is 18.3. The third kappa shape index (κ3) is 6.46. The summed E-state index contributed by atoms with van der Waals surface area (Å²) in [4.78, 5) is 20.0. The lowest BCUT2D eigenvalue weighted by atomic mass is 10.1. The number of nitrogens with zero attached hydrogens (tertiary/aromatic N) is 3. The number of nitro benzene ring substituents is 1. The molecule has 6 nitrogen and oxygen atoms in total. The van der Waals surface area contributed by atoms with Gasteiger partial charge >= 0.3 is 0 Å². The molecule has 0 radical (unpaired) electrons. The Labute approximate surface area is 193 Å². The second-order valence-corrected chi connectivity index (χ2v) is 7.75. The molecule has 0 aliphatic heterocycles. The molecule has 4 rings (SSSR count). The number of nitro groups is 1. The number of rotatable bonds is 10. The van der Waals surface area contributed by atoms with Crippen LogP contribution in [0.15, 0.2) is 91.0 Å². The highest BCUT2D eigenvalue weighted by molar-refractivity contribution is 5.59. The monoisotopic (exact) mass is 439 g/mol. The van der Waals surface area contributed by atoms with Crippen LogP contribution in [-0.4, -0.2) is 21.5 Å². The maximum Gasteiger partial charge on any atom is 0.270 e. The van der Waals surface area contributed by atoms with Gasteiger partial charge in [-0.1, -0.05) is 72.8 Å². The van der Waals surface area contributed by atoms with E-state index in [2.05, 4.69) is 34.2 Å². The van der Waals surface area contributed by atoms with E-state index in [1.807, 2.05) is 42.5 Å². The van der Waals surface area contributed by atoms with Crippen LogP contribution in [0.25, 0.3) is 11.4 Å². The number of aryl methyl sites for hydroxylation is 2. The van der Waals surface area contributed by atoms with Crippen LogP contribution in [0.5, 0.6) is 5.88 Å². The Kier molecular flexibility index (Phi) is 7.38. The smallest absolute Gasteiger partial charge is 0.270 e. The van der Waals surface area contributed by atoms with Gasteiger partial charge in [0, 0.05) is 35.9 Å². The Morgan fingerprint density at radius 3 is 2.15 bits per heavy atom. The van der Waals surface area contributed by atoms with Crippen LogP contribution in [0.3, 0.4) is 0 Å². The van der Waals surface area contributed by atoms with E-state index in [1.54, 1.807) is 12.1 Å². The summed E-state index contributed by atoms with van der Waals surface area (Å²) in [5, 5.41) is 11.2. The summed E-state index contributed by atoms with van der Waals surface area (Å²) < 4.78 is 5.97. The summed E-state index contributed by atoms with van der Waals surface area (Å²) >= 11 is 0. The van der Waals surface area contributed by atoms with Crippen molar-refractivity contribution >= 4 is 5.69 Å². The molecule has 33 heavy (non-hydrogen) atoms. The van der Waals surface area contributed by atoms with Crippen LogP contribution in [0, 0.1) is 10.1 Å². The number of aromatic nitrogens is 2. The summed E-state index contributed by atoms with van der Waals surface area (Å²) in [6.07, 6.45) is 3.40. The van der Waals surface area contributed by atoms with Crippen molar-refractivity contribution in [2.45, 2.75) is 25.7 Å². The van der Waals surface area contributed by atoms with Gasteiger partial charge in [-0.25, -0.2) is 4.98 Å². The molecule has 0 N–H and O–H groups in total. The van der Waals surface area contributed by atoms with Crippen molar-refractivity contribution in [3.63, 3.8) is 0 Å². The first-order valence-electron chi connectivity index (χ1n) is 11.0. The maximum atomic E-state index is 11.2. The van der Waals surface area contributed by atoms with Crippen molar-refractivity contribution in [3.8, 4) is 17.3 Å². The zero-order valence-electron chi connectivity index (χ0n) is 18.3. The average Bonchev–Trinajstić information content (AvgIpc) is 2.85. The second kappa shape index (κ2) is 11.0. The van der Waals surface area contributed by atoms with Crippen LogP contribution in [0.2, 0.25) is 0 Å². The third-order valence-electron chi connectivity index (χ3n) is 5.30. The molecule has 1 aromatic heterocycles. The predicted octanol–water partition coefficient (Wildman–Crippen LogP) is 5.85. The first-order chi connectivity index (χ1) is 16.2. The Morgan fingerprint density at radius 1 is 0.758 bits per heavy atom. The fourth-order valence-electron chi connectivity index (χ4n) is 3.60. The van der Waals surface area contributed by atoms with Crippen LogP contribution in [-0.2, 0) is 19.3 Å². The molecule has 0 aliphatic carbocycles. The summed E-state index contributed by atoms with van der Waals surface area (Å²) in [5.74, 6) is 0.919. The Hall–Kier alpha value is -4.06. The summed E-state index contributed by atoms with van der Waals surface area (Å²) in [5.41, 5.74) is 3.94. The van der Waals surface area contributed by atoms with Crippen LogP contribution in [0.1, 0.15) is 23.2 Å². The molecule has 0 unspecified atom stereocenters. The predicted molar refractivity (Wildman–Crippen MR) is 128 cm³/mol. The third-order valence-corrected chi connectivity index (χ3v) is 5.30. The fraction of sp³-hybridized carbons (Fsp3) is 0.185. The quantitative estimate of drug-likeness (QED) is 0.229. The molecule has 0 aliphatic rings. The largest absolute Gasteiger partial charge is 0.477 e. The minimum atomic E-state index is -0.412. The molecular formula is C27H25N3O3. The summed E-state index contributed by atoms with van der Waals surface area (Å²) in [6, 6.07) is 28.7. The minimum Gasteiger partial charge on any atom is -0.477 e. The Morgan fingerprint density at radius 2 is 1.45 bits per heavy atom. The van der Waals surface area contributed by atoms with Crippen LogP contribution < -0.4 is 4.74 Å². The highest BCUT2D eigenvalue weighted by atomic mass is 16.6. The van der Waals surface area contributed by atoms with Gasteiger partial charge in [0.1, 0.15) is 0 Å². The van der Waals surface area contributed by atoms with Gasteiger partial charge in [-0.15, -0.1) is 0 Å². The number of hydrogen-bond acceptors (Lipinski definition) is 5. The molecule has 166 valence electrons. The van der Waals surface area contributed by atoms with Gasteiger partial charge in [0.2, 0.25) is 5.88 Å². The van der Waals surface area contributed by atoms with E-state index in [4.69, 9.17) is 4.74 Å². The van der Waals surface area contributed by atoms with E-state index in [-0.39, 0.29) is 5.69 Å². The van der Waals surface area contributed by atoms with Crippen LogP contribution in [0.4, 0.5) is 5.69 Å². The van der Waals surface area contributed by atoms with Gasteiger partial charge in [-0.2, -0.15) is 4.98 Å².